The molecule has 0 aromatic heterocycles. The van der Waals surface area contributed by atoms with Gasteiger partial charge in [-0.1, -0.05) is 90.0 Å². The summed E-state index contributed by atoms with van der Waals surface area (Å²) < 4.78 is 29.5. The number of anilines is 1. The van der Waals surface area contributed by atoms with Crippen LogP contribution in [0.5, 0.6) is 0 Å². The first-order chi connectivity index (χ1) is 15.9. The van der Waals surface area contributed by atoms with E-state index in [1.54, 1.807) is 18.2 Å². The summed E-state index contributed by atoms with van der Waals surface area (Å²) in [7, 11) is -3.84. The Morgan fingerprint density at radius 1 is 0.727 bits per heavy atom. The molecule has 0 aliphatic rings. The fourth-order valence-corrected chi connectivity index (χ4v) is 5.78. The molecule has 0 atom stereocenters. The van der Waals surface area contributed by atoms with Gasteiger partial charge in [0.25, 0.3) is 10.0 Å². The molecule has 0 fully saturated rings. The van der Waals surface area contributed by atoms with Gasteiger partial charge < -0.3 is 0 Å². The highest BCUT2D eigenvalue weighted by molar-refractivity contribution is 7.92. The first kappa shape index (κ1) is 21.5. The quantitative estimate of drug-likeness (QED) is 0.251. The molecule has 0 heterocycles. The second-order valence-electron chi connectivity index (χ2n) is 8.12. The third-order valence-electron chi connectivity index (χ3n) is 5.85. The van der Waals surface area contributed by atoms with E-state index in [2.05, 4.69) is 0 Å². The van der Waals surface area contributed by atoms with Crippen molar-refractivity contribution in [1.82, 2.24) is 0 Å². The predicted molar refractivity (Wildman–Crippen MR) is 137 cm³/mol. The molecule has 0 spiro atoms. The minimum absolute atomic E-state index is 0.215. The highest BCUT2D eigenvalue weighted by Crippen LogP contribution is 2.38. The van der Waals surface area contributed by atoms with Crippen molar-refractivity contribution < 1.29 is 8.42 Å². The molecule has 0 aliphatic carbocycles. The van der Waals surface area contributed by atoms with E-state index in [-0.39, 0.29) is 11.4 Å². The maximum absolute atomic E-state index is 14.0. The van der Waals surface area contributed by atoms with Crippen LogP contribution in [0, 0.1) is 6.92 Å². The van der Waals surface area contributed by atoms with E-state index in [4.69, 9.17) is 11.6 Å². The lowest BCUT2D eigenvalue weighted by Gasteiger charge is -2.27. The van der Waals surface area contributed by atoms with Gasteiger partial charge in [0, 0.05) is 10.4 Å². The van der Waals surface area contributed by atoms with Crippen molar-refractivity contribution in [2.75, 3.05) is 4.31 Å². The van der Waals surface area contributed by atoms with Gasteiger partial charge in [-0.25, -0.2) is 8.42 Å². The maximum Gasteiger partial charge on any atom is 0.264 e. The molecule has 164 valence electrons. The number of benzene rings is 5. The second-order valence-corrected chi connectivity index (χ2v) is 10.4. The Balaban J connectivity index is 1.80. The van der Waals surface area contributed by atoms with E-state index >= 15 is 0 Å². The van der Waals surface area contributed by atoms with E-state index in [1.165, 1.54) is 4.31 Å². The molecule has 5 aromatic carbocycles. The maximum atomic E-state index is 14.0. The normalized spacial score (nSPS) is 11.7. The molecular formula is C28H22ClNO2S. The molecule has 5 rings (SSSR count). The number of hydrogen-bond acceptors (Lipinski definition) is 2. The molecule has 0 aliphatic heterocycles. The SMILES string of the molecule is Cc1ccc(S(=O)(=O)N(Cc2ccccc2)c2cc3ccccc3c3cc(Cl)ccc23)cc1. The molecule has 3 nitrogen and oxygen atoms in total. The molecule has 0 saturated carbocycles. The number of nitrogens with zero attached hydrogens (tertiary/aromatic N) is 1. The number of sulfonamides is 1. The van der Waals surface area contributed by atoms with Gasteiger partial charge >= 0.3 is 0 Å². The van der Waals surface area contributed by atoms with E-state index < -0.39 is 10.0 Å². The van der Waals surface area contributed by atoms with Crippen molar-refractivity contribution >= 4 is 48.9 Å². The molecule has 0 saturated heterocycles. The first-order valence-electron chi connectivity index (χ1n) is 10.7. The average Bonchev–Trinajstić information content (AvgIpc) is 2.83. The summed E-state index contributed by atoms with van der Waals surface area (Å²) in [5, 5.41) is 4.36. The van der Waals surface area contributed by atoms with Gasteiger partial charge in [-0.3, -0.25) is 4.31 Å². The Morgan fingerprint density at radius 2 is 1.42 bits per heavy atom. The number of hydrogen-bond donors (Lipinski definition) is 0. The molecule has 5 heteroatoms. The Morgan fingerprint density at radius 3 is 2.18 bits per heavy atom. The van der Waals surface area contributed by atoms with Crippen molar-refractivity contribution in [3.8, 4) is 0 Å². The zero-order valence-corrected chi connectivity index (χ0v) is 19.6. The smallest absolute Gasteiger partial charge is 0.261 e. The van der Waals surface area contributed by atoms with Crippen LogP contribution in [0.15, 0.2) is 108 Å². The van der Waals surface area contributed by atoms with E-state index in [0.717, 1.165) is 32.7 Å². The first-order valence-corrected chi connectivity index (χ1v) is 12.5. The van der Waals surface area contributed by atoms with Crippen molar-refractivity contribution in [3.05, 3.63) is 119 Å². The average molecular weight is 472 g/mol. The number of rotatable bonds is 5. The van der Waals surface area contributed by atoms with Gasteiger partial charge in [-0.05, 0) is 59.0 Å². The zero-order valence-electron chi connectivity index (χ0n) is 18.1. The summed E-state index contributed by atoms with van der Waals surface area (Å²) in [6.07, 6.45) is 0. The lowest BCUT2D eigenvalue weighted by atomic mass is 10.00. The summed E-state index contributed by atoms with van der Waals surface area (Å²) in [5.74, 6) is 0. The summed E-state index contributed by atoms with van der Waals surface area (Å²) in [5.41, 5.74) is 2.54. The summed E-state index contributed by atoms with van der Waals surface area (Å²) in [6.45, 7) is 2.16. The predicted octanol–water partition coefficient (Wildman–Crippen LogP) is 7.35. The van der Waals surface area contributed by atoms with Crippen LogP contribution in [0.2, 0.25) is 5.02 Å². The van der Waals surface area contributed by atoms with Crippen molar-refractivity contribution in [1.29, 1.82) is 0 Å². The van der Waals surface area contributed by atoms with Crippen LogP contribution < -0.4 is 4.31 Å². The molecule has 0 unspecified atom stereocenters. The summed E-state index contributed by atoms with van der Waals surface area (Å²) >= 11 is 6.35. The number of fused-ring (bicyclic) bond motifs is 3. The van der Waals surface area contributed by atoms with Gasteiger partial charge in [0.15, 0.2) is 0 Å². The molecule has 5 aromatic rings. The largest absolute Gasteiger partial charge is 0.264 e. The number of halogens is 1. The van der Waals surface area contributed by atoms with E-state index in [1.807, 2.05) is 91.9 Å². The van der Waals surface area contributed by atoms with E-state index in [9.17, 15) is 8.42 Å². The van der Waals surface area contributed by atoms with Gasteiger partial charge in [-0.2, -0.15) is 0 Å². The van der Waals surface area contributed by atoms with Crippen LogP contribution in [-0.4, -0.2) is 8.42 Å². The van der Waals surface area contributed by atoms with E-state index in [0.29, 0.717) is 10.7 Å². The highest BCUT2D eigenvalue weighted by Gasteiger charge is 2.27. The Hall–Kier alpha value is -3.34. The summed E-state index contributed by atoms with van der Waals surface area (Å²) in [6, 6.07) is 32.2. The molecule has 0 amide bonds. The van der Waals surface area contributed by atoms with Gasteiger partial charge in [0.1, 0.15) is 0 Å². The Kier molecular flexibility index (Phi) is 5.57. The van der Waals surface area contributed by atoms with Crippen LogP contribution >= 0.6 is 11.6 Å². The lowest BCUT2D eigenvalue weighted by molar-refractivity contribution is 0.590. The molecular weight excluding hydrogens is 450 g/mol. The molecule has 0 radical (unpaired) electrons. The minimum atomic E-state index is -3.84. The van der Waals surface area contributed by atoms with Gasteiger partial charge in [-0.15, -0.1) is 0 Å². The van der Waals surface area contributed by atoms with Crippen LogP contribution in [0.3, 0.4) is 0 Å². The zero-order chi connectivity index (χ0) is 23.0. The standard InChI is InChI=1S/C28H22ClNO2S/c1-20-11-14-24(15-12-20)33(31,32)30(19-21-7-3-2-4-8-21)28-17-22-9-5-6-10-25(22)27-18-23(29)13-16-26(27)28/h2-18H,19H2,1H3. The van der Waals surface area contributed by atoms with Crippen LogP contribution in [0.4, 0.5) is 5.69 Å². The van der Waals surface area contributed by atoms with Crippen molar-refractivity contribution in [2.24, 2.45) is 0 Å². The van der Waals surface area contributed by atoms with Crippen molar-refractivity contribution in [3.63, 3.8) is 0 Å². The van der Waals surface area contributed by atoms with Gasteiger partial charge in [0.05, 0.1) is 17.1 Å². The van der Waals surface area contributed by atoms with Crippen LogP contribution in [-0.2, 0) is 16.6 Å². The fourth-order valence-electron chi connectivity index (χ4n) is 4.15. The highest BCUT2D eigenvalue weighted by atomic mass is 35.5. The second kappa shape index (κ2) is 8.54. The third-order valence-corrected chi connectivity index (χ3v) is 7.86. The molecule has 0 bridgehead atoms. The lowest BCUT2D eigenvalue weighted by Crippen LogP contribution is -2.30. The Bertz CT molecular complexity index is 1560. The van der Waals surface area contributed by atoms with Crippen molar-refractivity contribution in [2.45, 2.75) is 18.4 Å². The van der Waals surface area contributed by atoms with Crippen LogP contribution in [0.25, 0.3) is 21.5 Å². The molecule has 33 heavy (non-hydrogen) atoms. The van der Waals surface area contributed by atoms with Gasteiger partial charge in [0.2, 0.25) is 0 Å². The topological polar surface area (TPSA) is 37.4 Å². The summed E-state index contributed by atoms with van der Waals surface area (Å²) in [4.78, 5) is 0.263. The Labute approximate surface area is 198 Å². The third kappa shape index (κ3) is 4.08. The monoisotopic (exact) mass is 471 g/mol. The minimum Gasteiger partial charge on any atom is -0.261 e. The molecule has 0 N–H and O–H groups in total. The fraction of sp³-hybridized carbons (Fsp3) is 0.0714. The van der Waals surface area contributed by atoms with Crippen LogP contribution in [0.1, 0.15) is 11.1 Å². The number of aryl methyl sites for hydroxylation is 1.